The van der Waals surface area contributed by atoms with E-state index in [-0.39, 0.29) is 12.4 Å². The summed E-state index contributed by atoms with van der Waals surface area (Å²) in [7, 11) is 0. The maximum atomic E-state index is 11.5. The molecule has 7 heteroatoms. The summed E-state index contributed by atoms with van der Waals surface area (Å²) in [5.41, 5.74) is 5.58. The number of anilines is 1. The topological polar surface area (TPSA) is 72.8 Å². The van der Waals surface area contributed by atoms with Crippen LogP contribution in [0.1, 0.15) is 23.7 Å². The minimum atomic E-state index is -0.284. The Morgan fingerprint density at radius 1 is 1.17 bits per heavy atom. The highest BCUT2D eigenvalue weighted by molar-refractivity contribution is 7.13. The fourth-order valence-electron chi connectivity index (χ4n) is 2.54. The van der Waals surface area contributed by atoms with Crippen LogP contribution >= 0.6 is 11.3 Å². The summed E-state index contributed by atoms with van der Waals surface area (Å²) in [6.45, 7) is 2.63. The molecule has 0 fully saturated rings. The van der Waals surface area contributed by atoms with Crippen molar-refractivity contribution in [1.29, 1.82) is 0 Å². The zero-order valence-electron chi connectivity index (χ0n) is 16.7. The standard InChI is InChI=1S/C23H23N3O3S/c1-2-28-22(27)15-20-17-30-23(25-20)26-24-16-19-10-6-12-21(14-19)29-13-7-11-18-8-4-3-5-9-18/h3-12,14,16-17H,2,13,15H2,1H3,(H,25,26). The van der Waals surface area contributed by atoms with Gasteiger partial charge in [-0.15, -0.1) is 11.3 Å². The maximum absolute atomic E-state index is 11.5. The van der Waals surface area contributed by atoms with E-state index in [1.54, 1.807) is 13.1 Å². The van der Waals surface area contributed by atoms with Crippen LogP contribution in [0.15, 0.2) is 71.2 Å². The van der Waals surface area contributed by atoms with Gasteiger partial charge in [0.2, 0.25) is 5.13 Å². The predicted molar refractivity (Wildman–Crippen MR) is 121 cm³/mol. The number of rotatable bonds is 10. The normalized spacial score (nSPS) is 11.1. The van der Waals surface area contributed by atoms with Gasteiger partial charge in [0.15, 0.2) is 0 Å². The van der Waals surface area contributed by atoms with Crippen molar-refractivity contribution < 1.29 is 14.3 Å². The Balaban J connectivity index is 1.47. The van der Waals surface area contributed by atoms with Crippen molar-refractivity contribution in [2.24, 2.45) is 5.10 Å². The first-order valence-electron chi connectivity index (χ1n) is 9.56. The number of carbonyl (C=O) groups excluding carboxylic acids is 1. The van der Waals surface area contributed by atoms with Gasteiger partial charge in [0.05, 0.1) is 24.9 Å². The molecule has 0 aliphatic carbocycles. The molecule has 1 N–H and O–H groups in total. The highest BCUT2D eigenvalue weighted by Gasteiger charge is 2.07. The largest absolute Gasteiger partial charge is 0.490 e. The average Bonchev–Trinajstić information content (AvgIpc) is 3.19. The minimum Gasteiger partial charge on any atom is -0.490 e. The van der Waals surface area contributed by atoms with E-state index in [0.717, 1.165) is 16.9 Å². The highest BCUT2D eigenvalue weighted by atomic mass is 32.1. The molecular formula is C23H23N3O3S. The zero-order chi connectivity index (χ0) is 21.0. The second kappa shape index (κ2) is 11.5. The van der Waals surface area contributed by atoms with Crippen LogP contribution in [0, 0.1) is 0 Å². The molecule has 1 heterocycles. The number of ether oxygens (including phenoxy) is 2. The lowest BCUT2D eigenvalue weighted by Gasteiger charge is -2.04. The number of nitrogens with zero attached hydrogens (tertiary/aromatic N) is 2. The first kappa shape index (κ1) is 21.3. The van der Waals surface area contributed by atoms with Gasteiger partial charge in [-0.05, 0) is 36.3 Å². The molecule has 0 radical (unpaired) electrons. The quantitative estimate of drug-likeness (QED) is 0.290. The smallest absolute Gasteiger partial charge is 0.311 e. The third kappa shape index (κ3) is 7.18. The number of carbonyl (C=O) groups is 1. The number of hydrogen-bond donors (Lipinski definition) is 1. The Morgan fingerprint density at radius 2 is 2.00 bits per heavy atom. The third-order valence-corrected chi connectivity index (χ3v) is 4.67. The van der Waals surface area contributed by atoms with Crippen LogP contribution in [0.4, 0.5) is 5.13 Å². The molecule has 3 rings (SSSR count). The van der Waals surface area contributed by atoms with Gasteiger partial charge in [0.25, 0.3) is 0 Å². The molecule has 0 atom stereocenters. The predicted octanol–water partition coefficient (Wildman–Crippen LogP) is 4.79. The van der Waals surface area contributed by atoms with E-state index in [9.17, 15) is 4.79 Å². The Morgan fingerprint density at radius 3 is 2.83 bits per heavy atom. The van der Waals surface area contributed by atoms with Crippen LogP contribution in [-0.4, -0.2) is 30.4 Å². The van der Waals surface area contributed by atoms with E-state index in [2.05, 4.69) is 15.5 Å². The number of hydrazone groups is 1. The van der Waals surface area contributed by atoms with Crippen LogP contribution in [0.5, 0.6) is 5.75 Å². The van der Waals surface area contributed by atoms with E-state index in [1.807, 2.05) is 72.1 Å². The van der Waals surface area contributed by atoms with Gasteiger partial charge in [0.1, 0.15) is 12.4 Å². The van der Waals surface area contributed by atoms with E-state index >= 15 is 0 Å². The first-order chi connectivity index (χ1) is 14.7. The maximum Gasteiger partial charge on any atom is 0.311 e. The van der Waals surface area contributed by atoms with Crippen molar-refractivity contribution in [3.8, 4) is 5.75 Å². The summed E-state index contributed by atoms with van der Waals surface area (Å²) >= 11 is 1.38. The molecule has 0 saturated heterocycles. The second-order valence-electron chi connectivity index (χ2n) is 6.19. The molecule has 0 aliphatic rings. The van der Waals surface area contributed by atoms with Gasteiger partial charge in [-0.2, -0.15) is 5.10 Å². The summed E-state index contributed by atoms with van der Waals surface area (Å²) in [4.78, 5) is 15.8. The van der Waals surface area contributed by atoms with Gasteiger partial charge in [-0.1, -0.05) is 48.5 Å². The van der Waals surface area contributed by atoms with Gasteiger partial charge >= 0.3 is 5.97 Å². The molecule has 3 aromatic rings. The number of esters is 1. The SMILES string of the molecule is CCOC(=O)Cc1csc(NN=Cc2cccc(OCC=Cc3ccccc3)c2)n1. The lowest BCUT2D eigenvalue weighted by atomic mass is 10.2. The Hall–Kier alpha value is -3.45. The fraction of sp³-hybridized carbons (Fsp3) is 0.174. The Labute approximate surface area is 179 Å². The van der Waals surface area contributed by atoms with Crippen molar-refractivity contribution in [1.82, 2.24) is 4.98 Å². The van der Waals surface area contributed by atoms with Crippen LogP contribution in [0.25, 0.3) is 6.08 Å². The number of hydrogen-bond acceptors (Lipinski definition) is 7. The molecule has 0 aliphatic heterocycles. The van der Waals surface area contributed by atoms with Crippen LogP contribution in [0.3, 0.4) is 0 Å². The molecule has 0 unspecified atom stereocenters. The summed E-state index contributed by atoms with van der Waals surface area (Å²) in [6.07, 6.45) is 5.86. The molecule has 0 bridgehead atoms. The molecular weight excluding hydrogens is 398 g/mol. The van der Waals surface area contributed by atoms with Gasteiger partial charge < -0.3 is 9.47 Å². The molecule has 2 aromatic carbocycles. The molecule has 6 nitrogen and oxygen atoms in total. The van der Waals surface area contributed by atoms with Gasteiger partial charge in [-0.25, -0.2) is 4.98 Å². The minimum absolute atomic E-state index is 0.161. The Kier molecular flexibility index (Phi) is 8.17. The fourth-order valence-corrected chi connectivity index (χ4v) is 3.20. The third-order valence-electron chi connectivity index (χ3n) is 3.87. The molecule has 0 spiro atoms. The summed E-state index contributed by atoms with van der Waals surface area (Å²) < 4.78 is 10.7. The van der Waals surface area contributed by atoms with Crippen molar-refractivity contribution in [3.63, 3.8) is 0 Å². The van der Waals surface area contributed by atoms with E-state index < -0.39 is 0 Å². The van der Waals surface area contributed by atoms with E-state index in [1.165, 1.54) is 11.3 Å². The van der Waals surface area contributed by atoms with Crippen LogP contribution in [-0.2, 0) is 16.0 Å². The molecule has 154 valence electrons. The summed E-state index contributed by atoms with van der Waals surface area (Å²) in [5.74, 6) is 0.482. The highest BCUT2D eigenvalue weighted by Crippen LogP contribution is 2.16. The lowest BCUT2D eigenvalue weighted by molar-refractivity contribution is -0.142. The first-order valence-corrected chi connectivity index (χ1v) is 10.4. The zero-order valence-corrected chi connectivity index (χ0v) is 17.5. The van der Waals surface area contributed by atoms with E-state index in [0.29, 0.717) is 24.0 Å². The summed E-state index contributed by atoms with van der Waals surface area (Å²) in [6, 6.07) is 17.8. The Bertz CT molecular complexity index is 1000. The van der Waals surface area contributed by atoms with Crippen molar-refractivity contribution >= 4 is 34.7 Å². The van der Waals surface area contributed by atoms with Gasteiger partial charge in [-0.3, -0.25) is 10.2 Å². The van der Waals surface area contributed by atoms with Gasteiger partial charge in [0, 0.05) is 5.38 Å². The number of nitrogens with one attached hydrogen (secondary N) is 1. The number of thiazole rings is 1. The van der Waals surface area contributed by atoms with Crippen molar-refractivity contribution in [2.45, 2.75) is 13.3 Å². The number of benzene rings is 2. The molecule has 0 amide bonds. The van der Waals surface area contributed by atoms with Crippen molar-refractivity contribution in [3.05, 3.63) is 82.9 Å². The monoisotopic (exact) mass is 421 g/mol. The van der Waals surface area contributed by atoms with Crippen LogP contribution in [0.2, 0.25) is 0 Å². The lowest BCUT2D eigenvalue weighted by Crippen LogP contribution is -2.07. The number of aromatic nitrogens is 1. The molecule has 30 heavy (non-hydrogen) atoms. The van der Waals surface area contributed by atoms with E-state index in [4.69, 9.17) is 9.47 Å². The summed E-state index contributed by atoms with van der Waals surface area (Å²) in [5, 5.41) is 6.63. The average molecular weight is 422 g/mol. The van der Waals surface area contributed by atoms with Crippen LogP contribution < -0.4 is 10.2 Å². The molecule has 1 aromatic heterocycles. The second-order valence-corrected chi connectivity index (χ2v) is 7.05. The molecule has 0 saturated carbocycles. The van der Waals surface area contributed by atoms with Crippen molar-refractivity contribution in [2.75, 3.05) is 18.6 Å².